The zero-order chi connectivity index (χ0) is 15.6. The van der Waals surface area contributed by atoms with Gasteiger partial charge >= 0.3 is 0 Å². The van der Waals surface area contributed by atoms with Gasteiger partial charge in [-0.1, -0.05) is 37.0 Å². The first-order valence-electron chi connectivity index (χ1n) is 6.27. The van der Waals surface area contributed by atoms with Gasteiger partial charge in [-0.05, 0) is 18.2 Å². The highest BCUT2D eigenvalue weighted by molar-refractivity contribution is 6.42. The van der Waals surface area contributed by atoms with E-state index in [-0.39, 0.29) is 17.3 Å². The highest BCUT2D eigenvalue weighted by Crippen LogP contribution is 2.25. The number of nitrogen functional groups attached to an aromatic ring is 1. The molecule has 1 aromatic carbocycles. The Morgan fingerprint density at radius 1 is 1.29 bits per heavy atom. The van der Waals surface area contributed by atoms with Crippen LogP contribution in [0.3, 0.4) is 0 Å². The fourth-order valence-electron chi connectivity index (χ4n) is 1.63. The Hall–Kier alpha value is -1.85. The summed E-state index contributed by atoms with van der Waals surface area (Å²) in [7, 11) is 0. The zero-order valence-corrected chi connectivity index (χ0v) is 13.0. The first-order chi connectivity index (χ1) is 9.88. The van der Waals surface area contributed by atoms with Crippen molar-refractivity contribution in [3.8, 4) is 0 Å². The second kappa shape index (κ2) is 6.28. The van der Waals surface area contributed by atoms with Gasteiger partial charge in [0, 0.05) is 11.6 Å². The molecule has 0 fully saturated rings. The van der Waals surface area contributed by atoms with Crippen molar-refractivity contribution in [2.75, 3.05) is 11.1 Å². The van der Waals surface area contributed by atoms with Crippen LogP contribution < -0.4 is 11.1 Å². The monoisotopic (exact) mass is 324 g/mol. The summed E-state index contributed by atoms with van der Waals surface area (Å²) < 4.78 is 0. The quantitative estimate of drug-likeness (QED) is 0.901. The van der Waals surface area contributed by atoms with Gasteiger partial charge in [-0.15, -0.1) is 0 Å². The van der Waals surface area contributed by atoms with E-state index in [4.69, 9.17) is 28.9 Å². The Balaban J connectivity index is 2.27. The molecule has 0 aliphatic rings. The molecule has 0 atom stereocenters. The molecule has 0 spiro atoms. The molecule has 0 unspecified atom stereocenters. The van der Waals surface area contributed by atoms with Crippen LogP contribution in [0, 0.1) is 0 Å². The summed E-state index contributed by atoms with van der Waals surface area (Å²) in [4.78, 5) is 20.5. The van der Waals surface area contributed by atoms with Gasteiger partial charge in [0.15, 0.2) is 5.69 Å². The number of nitrogens with zero attached hydrogens (tertiary/aromatic N) is 2. The summed E-state index contributed by atoms with van der Waals surface area (Å²) in [5.74, 6) is 0.237. The number of nitrogens with one attached hydrogen (secondary N) is 1. The van der Waals surface area contributed by atoms with E-state index < -0.39 is 5.91 Å². The smallest absolute Gasteiger partial charge is 0.276 e. The largest absolute Gasteiger partial charge is 0.396 e. The summed E-state index contributed by atoms with van der Waals surface area (Å²) in [6.07, 6.45) is 1.44. The number of hydrogen-bond acceptors (Lipinski definition) is 4. The number of halogens is 2. The predicted octanol–water partition coefficient (Wildman–Crippen LogP) is 3.74. The topological polar surface area (TPSA) is 80.9 Å². The van der Waals surface area contributed by atoms with E-state index in [2.05, 4.69) is 15.3 Å². The van der Waals surface area contributed by atoms with E-state index in [1.807, 2.05) is 13.8 Å². The second-order valence-electron chi connectivity index (χ2n) is 4.77. The van der Waals surface area contributed by atoms with Crippen LogP contribution in [0.4, 0.5) is 11.4 Å². The standard InChI is InChI=1S/C14H14Cl2N4O/c1-7(2)13-18-6-11(17)12(20-13)14(21)19-8-3-4-9(15)10(16)5-8/h3-7H,17H2,1-2H3,(H,19,21). The Morgan fingerprint density at radius 2 is 2.00 bits per heavy atom. The molecule has 0 aliphatic heterocycles. The van der Waals surface area contributed by atoms with Gasteiger partial charge in [0.2, 0.25) is 0 Å². The normalized spacial score (nSPS) is 10.7. The molecular formula is C14H14Cl2N4O. The van der Waals surface area contributed by atoms with Crippen LogP contribution >= 0.6 is 23.2 Å². The van der Waals surface area contributed by atoms with Crippen molar-refractivity contribution in [1.82, 2.24) is 9.97 Å². The first kappa shape index (κ1) is 15.5. The highest BCUT2D eigenvalue weighted by atomic mass is 35.5. The van der Waals surface area contributed by atoms with Crippen LogP contribution in [0.1, 0.15) is 36.1 Å². The lowest BCUT2D eigenvalue weighted by molar-refractivity contribution is 0.102. The average molecular weight is 325 g/mol. The predicted molar refractivity (Wildman–Crippen MR) is 84.9 cm³/mol. The van der Waals surface area contributed by atoms with Gasteiger partial charge in [-0.25, -0.2) is 9.97 Å². The Morgan fingerprint density at radius 3 is 2.62 bits per heavy atom. The van der Waals surface area contributed by atoms with Gasteiger partial charge in [0.05, 0.1) is 21.9 Å². The highest BCUT2D eigenvalue weighted by Gasteiger charge is 2.15. The number of nitrogens with two attached hydrogens (primary N) is 1. The molecule has 21 heavy (non-hydrogen) atoms. The van der Waals surface area contributed by atoms with Crippen LogP contribution in [0.25, 0.3) is 0 Å². The minimum atomic E-state index is -0.421. The molecule has 5 nitrogen and oxygen atoms in total. The average Bonchev–Trinajstić information content (AvgIpc) is 2.43. The van der Waals surface area contributed by atoms with Crippen molar-refractivity contribution >= 4 is 40.5 Å². The number of anilines is 2. The molecule has 0 bridgehead atoms. The number of aromatic nitrogens is 2. The Labute approximate surface area is 132 Å². The van der Waals surface area contributed by atoms with E-state index in [9.17, 15) is 4.79 Å². The minimum Gasteiger partial charge on any atom is -0.396 e. The summed E-state index contributed by atoms with van der Waals surface area (Å²) >= 11 is 11.7. The summed E-state index contributed by atoms with van der Waals surface area (Å²) in [5, 5.41) is 3.45. The first-order valence-corrected chi connectivity index (χ1v) is 7.03. The number of hydrogen-bond donors (Lipinski definition) is 2. The number of benzene rings is 1. The van der Waals surface area contributed by atoms with Crippen LogP contribution in [0.5, 0.6) is 0 Å². The molecule has 2 rings (SSSR count). The van der Waals surface area contributed by atoms with E-state index in [1.54, 1.807) is 18.2 Å². The van der Waals surface area contributed by atoms with Crippen molar-refractivity contribution in [1.29, 1.82) is 0 Å². The molecule has 0 aliphatic carbocycles. The molecule has 7 heteroatoms. The lowest BCUT2D eigenvalue weighted by atomic mass is 10.2. The number of rotatable bonds is 3. The van der Waals surface area contributed by atoms with E-state index in [1.165, 1.54) is 6.20 Å². The lowest BCUT2D eigenvalue weighted by Crippen LogP contribution is -2.18. The van der Waals surface area contributed by atoms with Crippen molar-refractivity contribution in [3.05, 3.63) is 46.0 Å². The summed E-state index contributed by atoms with van der Waals surface area (Å²) in [6.45, 7) is 3.87. The molecule has 1 aromatic heterocycles. The lowest BCUT2D eigenvalue weighted by Gasteiger charge is -2.10. The number of carbonyl (C=O) groups is 1. The van der Waals surface area contributed by atoms with Gasteiger partial charge in [-0.2, -0.15) is 0 Å². The maximum absolute atomic E-state index is 12.2. The molecule has 1 amide bonds. The molecule has 2 aromatic rings. The second-order valence-corrected chi connectivity index (χ2v) is 5.58. The fraction of sp³-hybridized carbons (Fsp3) is 0.214. The molecule has 1 heterocycles. The maximum Gasteiger partial charge on any atom is 0.276 e. The molecule has 110 valence electrons. The molecule has 0 saturated heterocycles. The van der Waals surface area contributed by atoms with Crippen molar-refractivity contribution in [3.63, 3.8) is 0 Å². The van der Waals surface area contributed by atoms with Crippen LogP contribution in [-0.2, 0) is 0 Å². The third-order valence-corrected chi connectivity index (χ3v) is 3.48. The van der Waals surface area contributed by atoms with Crippen molar-refractivity contribution in [2.45, 2.75) is 19.8 Å². The number of carbonyl (C=O) groups excluding carboxylic acids is 1. The maximum atomic E-state index is 12.2. The zero-order valence-electron chi connectivity index (χ0n) is 11.5. The van der Waals surface area contributed by atoms with Gasteiger partial charge < -0.3 is 11.1 Å². The van der Waals surface area contributed by atoms with Gasteiger partial charge in [0.25, 0.3) is 5.91 Å². The molecule has 0 saturated carbocycles. The van der Waals surface area contributed by atoms with E-state index in [0.717, 1.165) is 0 Å². The summed E-state index contributed by atoms with van der Waals surface area (Å²) in [6, 6.07) is 4.80. The van der Waals surface area contributed by atoms with Crippen molar-refractivity contribution < 1.29 is 4.79 Å². The Kier molecular flexibility index (Phi) is 4.65. The molecule has 3 N–H and O–H groups in total. The van der Waals surface area contributed by atoms with Gasteiger partial charge in [-0.3, -0.25) is 4.79 Å². The Bertz CT molecular complexity index is 689. The molecule has 0 radical (unpaired) electrons. The third-order valence-electron chi connectivity index (χ3n) is 2.74. The number of amides is 1. The van der Waals surface area contributed by atoms with E-state index in [0.29, 0.717) is 21.6 Å². The summed E-state index contributed by atoms with van der Waals surface area (Å²) in [5.41, 5.74) is 6.64. The minimum absolute atomic E-state index is 0.0992. The SMILES string of the molecule is CC(C)c1ncc(N)c(C(=O)Nc2ccc(Cl)c(Cl)c2)n1. The van der Waals surface area contributed by atoms with Crippen LogP contribution in [-0.4, -0.2) is 15.9 Å². The fourth-order valence-corrected chi connectivity index (χ4v) is 1.93. The third kappa shape index (κ3) is 3.62. The van der Waals surface area contributed by atoms with E-state index >= 15 is 0 Å². The van der Waals surface area contributed by atoms with Crippen LogP contribution in [0.15, 0.2) is 24.4 Å². The van der Waals surface area contributed by atoms with Crippen molar-refractivity contribution in [2.24, 2.45) is 0 Å². The molecular weight excluding hydrogens is 311 g/mol. The van der Waals surface area contributed by atoms with Gasteiger partial charge in [0.1, 0.15) is 5.82 Å². The van der Waals surface area contributed by atoms with Crippen LogP contribution in [0.2, 0.25) is 10.0 Å².